The number of nitrogens with one attached hydrogen (secondary N) is 1. The lowest BCUT2D eigenvalue weighted by Crippen LogP contribution is -2.46. The molecule has 1 heterocycles. The molecule has 1 unspecified atom stereocenters. The molecule has 0 radical (unpaired) electrons. The fourth-order valence-corrected chi connectivity index (χ4v) is 4.40. The number of nitrogens with zero attached hydrogens (tertiary/aromatic N) is 2. The number of rotatable bonds is 7. The lowest BCUT2D eigenvalue weighted by atomic mass is 10.1. The molecule has 0 bridgehead atoms. The van der Waals surface area contributed by atoms with Crippen LogP contribution in [0.4, 0.5) is 0 Å². The van der Waals surface area contributed by atoms with Crippen molar-refractivity contribution in [2.75, 3.05) is 13.1 Å². The molecule has 2 N–H and O–H groups in total. The van der Waals surface area contributed by atoms with Crippen LogP contribution in [-0.2, 0) is 19.6 Å². The van der Waals surface area contributed by atoms with E-state index in [9.17, 15) is 23.1 Å². The molecule has 1 atom stereocenters. The molecule has 1 aromatic heterocycles. The van der Waals surface area contributed by atoms with Crippen molar-refractivity contribution in [2.24, 2.45) is 0 Å². The Balaban J connectivity index is 2.54. The fourth-order valence-electron chi connectivity index (χ4n) is 2.63. The van der Waals surface area contributed by atoms with Crippen LogP contribution in [0.1, 0.15) is 19.4 Å². The van der Waals surface area contributed by atoms with Crippen molar-refractivity contribution >= 4 is 32.8 Å². The van der Waals surface area contributed by atoms with Crippen molar-refractivity contribution < 1.29 is 23.1 Å². The SMILES string of the molecule is CC(=O)NCCN(C(C)C(=O)O)S(=O)(=O)c1ccc(C)c2ncccc12. The van der Waals surface area contributed by atoms with Crippen LogP contribution in [0.5, 0.6) is 0 Å². The molecule has 2 rings (SSSR count). The molecular weight excluding hydrogens is 358 g/mol. The first kappa shape index (κ1) is 19.8. The highest BCUT2D eigenvalue weighted by Gasteiger charge is 2.34. The topological polar surface area (TPSA) is 117 Å². The molecule has 0 aliphatic rings. The fraction of sp³-hybridized carbons (Fsp3) is 0.353. The molecule has 0 aliphatic carbocycles. The van der Waals surface area contributed by atoms with Crippen molar-refractivity contribution in [1.29, 1.82) is 0 Å². The quantitative estimate of drug-likeness (QED) is 0.745. The van der Waals surface area contributed by atoms with Gasteiger partial charge in [0.1, 0.15) is 6.04 Å². The zero-order valence-corrected chi connectivity index (χ0v) is 15.6. The average Bonchev–Trinajstić information content (AvgIpc) is 2.58. The predicted octanol–water partition coefficient (Wildman–Crippen LogP) is 1.14. The summed E-state index contributed by atoms with van der Waals surface area (Å²) in [6.45, 7) is 4.26. The number of pyridine rings is 1. The van der Waals surface area contributed by atoms with Gasteiger partial charge in [0.15, 0.2) is 0 Å². The van der Waals surface area contributed by atoms with Gasteiger partial charge in [0.2, 0.25) is 15.9 Å². The Bertz CT molecular complexity index is 943. The minimum absolute atomic E-state index is 0.00816. The zero-order valence-electron chi connectivity index (χ0n) is 14.8. The summed E-state index contributed by atoms with van der Waals surface area (Å²) in [5.74, 6) is -1.60. The van der Waals surface area contributed by atoms with Crippen LogP contribution in [0.3, 0.4) is 0 Å². The monoisotopic (exact) mass is 379 g/mol. The van der Waals surface area contributed by atoms with Crippen molar-refractivity contribution in [3.63, 3.8) is 0 Å². The van der Waals surface area contributed by atoms with Gasteiger partial charge in [-0.25, -0.2) is 8.42 Å². The molecule has 0 fully saturated rings. The van der Waals surface area contributed by atoms with Crippen LogP contribution < -0.4 is 5.32 Å². The standard InChI is InChI=1S/C17H21N3O5S/c1-11-6-7-15(14-5-4-8-19-16(11)14)26(24,25)20(12(2)17(22)23)10-9-18-13(3)21/h4-8,12H,9-10H2,1-3H3,(H,18,21)(H,22,23). The molecular formula is C17H21N3O5S. The van der Waals surface area contributed by atoms with E-state index in [-0.39, 0.29) is 23.9 Å². The number of carbonyl (C=O) groups excluding carboxylic acids is 1. The highest BCUT2D eigenvalue weighted by atomic mass is 32.2. The molecule has 1 amide bonds. The predicted molar refractivity (Wildman–Crippen MR) is 96.2 cm³/mol. The normalized spacial score (nSPS) is 12.9. The van der Waals surface area contributed by atoms with E-state index in [0.717, 1.165) is 9.87 Å². The Labute approximate surface area is 151 Å². The van der Waals surface area contributed by atoms with E-state index in [1.807, 2.05) is 6.92 Å². The Morgan fingerprint density at radius 2 is 2.00 bits per heavy atom. The van der Waals surface area contributed by atoms with Crippen molar-refractivity contribution in [3.05, 3.63) is 36.0 Å². The number of hydrogen-bond donors (Lipinski definition) is 2. The lowest BCUT2D eigenvalue weighted by Gasteiger charge is -2.26. The first-order valence-corrected chi connectivity index (χ1v) is 9.43. The maximum absolute atomic E-state index is 13.2. The number of aromatic nitrogens is 1. The van der Waals surface area contributed by atoms with Gasteiger partial charge in [-0.15, -0.1) is 0 Å². The Hall–Kier alpha value is -2.52. The van der Waals surface area contributed by atoms with Crippen molar-refractivity contribution in [1.82, 2.24) is 14.6 Å². The summed E-state index contributed by atoms with van der Waals surface area (Å²) in [6.07, 6.45) is 1.57. The number of sulfonamides is 1. The van der Waals surface area contributed by atoms with Gasteiger partial charge in [0.25, 0.3) is 0 Å². The number of carboxylic acids is 1. The van der Waals surface area contributed by atoms with Crippen LogP contribution in [0.25, 0.3) is 10.9 Å². The number of amides is 1. The highest BCUT2D eigenvalue weighted by Crippen LogP contribution is 2.27. The molecule has 0 aliphatic heterocycles. The van der Waals surface area contributed by atoms with E-state index in [1.54, 1.807) is 24.4 Å². The Morgan fingerprint density at radius 3 is 2.62 bits per heavy atom. The Morgan fingerprint density at radius 1 is 1.31 bits per heavy atom. The second-order valence-corrected chi connectivity index (χ2v) is 7.75. The summed E-state index contributed by atoms with van der Waals surface area (Å²) in [5.41, 5.74) is 1.36. The van der Waals surface area contributed by atoms with Crippen LogP contribution in [0, 0.1) is 6.92 Å². The number of carboxylic acid groups (broad SMARTS) is 1. The van der Waals surface area contributed by atoms with E-state index in [4.69, 9.17) is 0 Å². The maximum atomic E-state index is 13.2. The largest absolute Gasteiger partial charge is 0.480 e. The van der Waals surface area contributed by atoms with Gasteiger partial charge in [-0.1, -0.05) is 6.07 Å². The molecule has 8 nitrogen and oxygen atoms in total. The van der Waals surface area contributed by atoms with E-state index in [2.05, 4.69) is 10.3 Å². The molecule has 26 heavy (non-hydrogen) atoms. The minimum atomic E-state index is -4.13. The molecule has 0 saturated heterocycles. The zero-order chi connectivity index (χ0) is 19.5. The average molecular weight is 379 g/mol. The smallest absolute Gasteiger partial charge is 0.321 e. The summed E-state index contributed by atoms with van der Waals surface area (Å²) in [7, 11) is -4.13. The van der Waals surface area contributed by atoms with Gasteiger partial charge in [0, 0.05) is 31.6 Å². The second-order valence-electron chi connectivity index (χ2n) is 5.89. The minimum Gasteiger partial charge on any atom is -0.480 e. The van der Waals surface area contributed by atoms with Crippen molar-refractivity contribution in [3.8, 4) is 0 Å². The van der Waals surface area contributed by atoms with Crippen LogP contribution >= 0.6 is 0 Å². The van der Waals surface area contributed by atoms with Gasteiger partial charge in [0.05, 0.1) is 10.4 Å². The third kappa shape index (κ3) is 4.00. The third-order valence-corrected chi connectivity index (χ3v) is 6.04. The van der Waals surface area contributed by atoms with Gasteiger partial charge in [-0.2, -0.15) is 4.31 Å². The van der Waals surface area contributed by atoms with Gasteiger partial charge >= 0.3 is 5.97 Å². The van der Waals surface area contributed by atoms with Gasteiger partial charge in [-0.3, -0.25) is 14.6 Å². The number of aliphatic carboxylic acids is 1. The molecule has 2 aromatic rings. The van der Waals surface area contributed by atoms with Crippen LogP contribution in [0.15, 0.2) is 35.4 Å². The van der Waals surface area contributed by atoms with Crippen LogP contribution in [-0.4, -0.2) is 53.8 Å². The lowest BCUT2D eigenvalue weighted by molar-refractivity contribution is -0.140. The molecule has 1 aromatic carbocycles. The highest BCUT2D eigenvalue weighted by molar-refractivity contribution is 7.89. The summed E-state index contributed by atoms with van der Waals surface area (Å²) in [4.78, 5) is 26.7. The van der Waals surface area contributed by atoms with E-state index in [1.165, 1.54) is 19.9 Å². The summed E-state index contributed by atoms with van der Waals surface area (Å²) in [5, 5.41) is 12.2. The number of carbonyl (C=O) groups is 2. The second kappa shape index (κ2) is 7.79. The first-order chi connectivity index (χ1) is 12.2. The molecule has 0 saturated carbocycles. The van der Waals surface area contributed by atoms with Crippen LogP contribution in [0.2, 0.25) is 0 Å². The summed E-state index contributed by atoms with van der Waals surface area (Å²) >= 11 is 0. The summed E-state index contributed by atoms with van der Waals surface area (Å²) < 4.78 is 27.3. The molecule has 140 valence electrons. The van der Waals surface area contributed by atoms with E-state index in [0.29, 0.717) is 10.9 Å². The number of aryl methyl sites for hydroxylation is 1. The maximum Gasteiger partial charge on any atom is 0.321 e. The van der Waals surface area contributed by atoms with E-state index >= 15 is 0 Å². The van der Waals surface area contributed by atoms with Crippen molar-refractivity contribution in [2.45, 2.75) is 31.7 Å². The van der Waals surface area contributed by atoms with Gasteiger partial charge < -0.3 is 10.4 Å². The van der Waals surface area contributed by atoms with Gasteiger partial charge in [-0.05, 0) is 37.6 Å². The Kier molecular flexibility index (Phi) is 5.94. The first-order valence-electron chi connectivity index (χ1n) is 7.99. The third-order valence-electron chi connectivity index (χ3n) is 4.01. The number of hydrogen-bond acceptors (Lipinski definition) is 5. The van der Waals surface area contributed by atoms with E-state index < -0.39 is 22.0 Å². The number of benzene rings is 1. The summed E-state index contributed by atoms with van der Waals surface area (Å²) in [6, 6.07) is 5.07. The number of fused-ring (bicyclic) bond motifs is 1. The molecule has 0 spiro atoms. The molecule has 9 heteroatoms.